The van der Waals surface area contributed by atoms with Crippen LogP contribution < -0.4 is 5.32 Å². The zero-order valence-corrected chi connectivity index (χ0v) is 14.0. The van der Waals surface area contributed by atoms with Gasteiger partial charge < -0.3 is 10.2 Å². The van der Waals surface area contributed by atoms with Crippen LogP contribution in [0.1, 0.15) is 43.6 Å². The van der Waals surface area contributed by atoms with Gasteiger partial charge in [-0.25, -0.2) is 8.78 Å². The van der Waals surface area contributed by atoms with Crippen molar-refractivity contribution in [3.63, 3.8) is 0 Å². The molecule has 0 unspecified atom stereocenters. The number of amides is 2. The SMILES string of the molecule is O=C(N[C@@H]1C[C@H]1c1cccc(F)c1F)[C@@H]1CCCN(C(=O)C2CC2)C1. The first-order valence-electron chi connectivity index (χ1n) is 9.07. The van der Waals surface area contributed by atoms with Gasteiger partial charge in [-0.3, -0.25) is 9.59 Å². The molecule has 25 heavy (non-hydrogen) atoms. The van der Waals surface area contributed by atoms with Crippen LogP contribution in [0.15, 0.2) is 18.2 Å². The quantitative estimate of drug-likeness (QED) is 0.909. The van der Waals surface area contributed by atoms with E-state index in [2.05, 4.69) is 5.32 Å². The molecule has 0 aromatic heterocycles. The number of carbonyl (C=O) groups excluding carboxylic acids is 2. The summed E-state index contributed by atoms with van der Waals surface area (Å²) in [6, 6.07) is 4.03. The molecule has 134 valence electrons. The van der Waals surface area contributed by atoms with E-state index < -0.39 is 11.6 Å². The number of carbonyl (C=O) groups is 2. The number of nitrogens with zero attached hydrogens (tertiary/aromatic N) is 1. The highest BCUT2D eigenvalue weighted by molar-refractivity contribution is 5.83. The lowest BCUT2D eigenvalue weighted by Crippen LogP contribution is -2.46. The molecule has 1 saturated heterocycles. The summed E-state index contributed by atoms with van der Waals surface area (Å²) in [5.74, 6) is -1.74. The third kappa shape index (κ3) is 3.39. The van der Waals surface area contributed by atoms with Gasteiger partial charge in [0.15, 0.2) is 11.6 Å². The van der Waals surface area contributed by atoms with Crippen molar-refractivity contribution in [3.05, 3.63) is 35.4 Å². The summed E-state index contributed by atoms with van der Waals surface area (Å²) in [4.78, 5) is 26.5. The Kier molecular flexibility index (Phi) is 4.21. The van der Waals surface area contributed by atoms with Crippen molar-refractivity contribution in [2.45, 2.75) is 44.1 Å². The summed E-state index contributed by atoms with van der Waals surface area (Å²) in [6.07, 6.45) is 4.17. The van der Waals surface area contributed by atoms with Crippen LogP contribution in [0.5, 0.6) is 0 Å². The highest BCUT2D eigenvalue weighted by Gasteiger charge is 2.43. The van der Waals surface area contributed by atoms with Crippen LogP contribution in [0, 0.1) is 23.5 Å². The lowest BCUT2D eigenvalue weighted by atomic mass is 9.96. The molecule has 0 bridgehead atoms. The summed E-state index contributed by atoms with van der Waals surface area (Å²) >= 11 is 0. The van der Waals surface area contributed by atoms with Crippen molar-refractivity contribution in [3.8, 4) is 0 Å². The van der Waals surface area contributed by atoms with Crippen molar-refractivity contribution in [1.29, 1.82) is 0 Å². The van der Waals surface area contributed by atoms with E-state index in [9.17, 15) is 18.4 Å². The van der Waals surface area contributed by atoms with E-state index >= 15 is 0 Å². The Balaban J connectivity index is 1.33. The second-order valence-corrected chi connectivity index (χ2v) is 7.50. The molecule has 1 aromatic carbocycles. The van der Waals surface area contributed by atoms with Gasteiger partial charge in [0.05, 0.1) is 5.92 Å². The van der Waals surface area contributed by atoms with E-state index in [-0.39, 0.29) is 35.6 Å². The second kappa shape index (κ2) is 6.39. The molecule has 2 saturated carbocycles. The fraction of sp³-hybridized carbons (Fsp3) is 0.579. The number of hydrogen-bond donors (Lipinski definition) is 1. The molecular formula is C19H22F2N2O2. The molecule has 1 N–H and O–H groups in total. The van der Waals surface area contributed by atoms with E-state index in [0.29, 0.717) is 18.5 Å². The summed E-state index contributed by atoms with van der Waals surface area (Å²) in [5.41, 5.74) is 0.333. The van der Waals surface area contributed by atoms with Crippen LogP contribution in [0.2, 0.25) is 0 Å². The van der Waals surface area contributed by atoms with Gasteiger partial charge in [0.1, 0.15) is 0 Å². The molecule has 3 fully saturated rings. The minimum Gasteiger partial charge on any atom is -0.352 e. The number of rotatable bonds is 4. The van der Waals surface area contributed by atoms with Crippen LogP contribution in [0.25, 0.3) is 0 Å². The van der Waals surface area contributed by atoms with Gasteiger partial charge in [-0.15, -0.1) is 0 Å². The van der Waals surface area contributed by atoms with E-state index in [1.807, 2.05) is 4.90 Å². The average Bonchev–Trinajstić information content (AvgIpc) is 3.52. The van der Waals surface area contributed by atoms with Gasteiger partial charge in [-0.05, 0) is 43.7 Å². The molecule has 1 aromatic rings. The minimum atomic E-state index is -0.851. The van der Waals surface area contributed by atoms with Crippen molar-refractivity contribution < 1.29 is 18.4 Å². The summed E-state index contributed by atoms with van der Waals surface area (Å²) in [5, 5.41) is 2.96. The van der Waals surface area contributed by atoms with Crippen LogP contribution in [-0.4, -0.2) is 35.8 Å². The number of hydrogen-bond acceptors (Lipinski definition) is 2. The van der Waals surface area contributed by atoms with E-state index in [1.54, 1.807) is 6.07 Å². The zero-order chi connectivity index (χ0) is 17.6. The third-order valence-corrected chi connectivity index (χ3v) is 5.53. The molecule has 1 aliphatic heterocycles. The van der Waals surface area contributed by atoms with Crippen LogP contribution in [0.3, 0.4) is 0 Å². The molecule has 4 rings (SSSR count). The Labute approximate surface area is 145 Å². The Hall–Kier alpha value is -1.98. The van der Waals surface area contributed by atoms with E-state index in [4.69, 9.17) is 0 Å². The normalized spacial score (nSPS) is 28.6. The highest BCUT2D eigenvalue weighted by atomic mass is 19.2. The molecular weight excluding hydrogens is 326 g/mol. The predicted octanol–water partition coefficient (Wildman–Crippen LogP) is 2.59. The molecule has 4 nitrogen and oxygen atoms in total. The number of benzene rings is 1. The molecule has 3 atom stereocenters. The van der Waals surface area contributed by atoms with E-state index in [1.165, 1.54) is 6.07 Å². The van der Waals surface area contributed by atoms with Crippen LogP contribution >= 0.6 is 0 Å². The first kappa shape index (κ1) is 16.5. The van der Waals surface area contributed by atoms with Crippen LogP contribution in [0.4, 0.5) is 8.78 Å². The maximum Gasteiger partial charge on any atom is 0.225 e. The van der Waals surface area contributed by atoms with Gasteiger partial charge in [0.2, 0.25) is 11.8 Å². The fourth-order valence-electron chi connectivity index (χ4n) is 3.79. The average molecular weight is 348 g/mol. The van der Waals surface area contributed by atoms with Crippen molar-refractivity contribution in [2.24, 2.45) is 11.8 Å². The molecule has 0 radical (unpaired) electrons. The largest absolute Gasteiger partial charge is 0.352 e. The molecule has 2 amide bonds. The third-order valence-electron chi connectivity index (χ3n) is 5.53. The monoisotopic (exact) mass is 348 g/mol. The molecule has 0 spiro atoms. The van der Waals surface area contributed by atoms with Crippen LogP contribution in [-0.2, 0) is 9.59 Å². The Morgan fingerprint density at radius 1 is 1.12 bits per heavy atom. The number of halogens is 2. The predicted molar refractivity (Wildman–Crippen MR) is 87.7 cm³/mol. The van der Waals surface area contributed by atoms with Gasteiger partial charge >= 0.3 is 0 Å². The number of likely N-dealkylation sites (tertiary alicyclic amines) is 1. The molecule has 2 aliphatic carbocycles. The number of piperidine rings is 1. The van der Waals surface area contributed by atoms with Crippen molar-refractivity contribution in [1.82, 2.24) is 10.2 Å². The maximum absolute atomic E-state index is 13.8. The standard InChI is InChI=1S/C19H22F2N2O2/c20-15-5-1-4-13(17(15)21)14-9-16(14)22-18(24)12-3-2-8-23(10-12)19(25)11-6-7-11/h1,4-5,11-12,14,16H,2-3,6-10H2,(H,22,24)/t12-,14+,16-/m1/s1. The summed E-state index contributed by atoms with van der Waals surface area (Å²) < 4.78 is 27.2. The minimum absolute atomic E-state index is 0.0717. The van der Waals surface area contributed by atoms with E-state index in [0.717, 1.165) is 38.3 Å². The maximum atomic E-state index is 13.8. The van der Waals surface area contributed by atoms with Gasteiger partial charge in [-0.2, -0.15) is 0 Å². The Morgan fingerprint density at radius 3 is 2.68 bits per heavy atom. The van der Waals surface area contributed by atoms with Gasteiger partial charge in [0.25, 0.3) is 0 Å². The number of nitrogens with one attached hydrogen (secondary N) is 1. The van der Waals surface area contributed by atoms with Gasteiger partial charge in [0, 0.05) is 31.0 Å². The second-order valence-electron chi connectivity index (χ2n) is 7.50. The molecule has 6 heteroatoms. The van der Waals surface area contributed by atoms with Crippen molar-refractivity contribution >= 4 is 11.8 Å². The van der Waals surface area contributed by atoms with Crippen molar-refractivity contribution in [2.75, 3.05) is 13.1 Å². The highest BCUT2D eigenvalue weighted by Crippen LogP contribution is 2.42. The molecule has 3 aliphatic rings. The lowest BCUT2D eigenvalue weighted by Gasteiger charge is -2.32. The first-order chi connectivity index (χ1) is 12.0. The zero-order valence-electron chi connectivity index (χ0n) is 14.0. The smallest absolute Gasteiger partial charge is 0.225 e. The van der Waals surface area contributed by atoms with Gasteiger partial charge in [-0.1, -0.05) is 12.1 Å². The Morgan fingerprint density at radius 2 is 1.92 bits per heavy atom. The summed E-state index contributed by atoms with van der Waals surface area (Å²) in [7, 11) is 0. The Bertz CT molecular complexity index is 705. The molecule has 1 heterocycles. The summed E-state index contributed by atoms with van der Waals surface area (Å²) in [6.45, 7) is 1.21. The fourth-order valence-corrected chi connectivity index (χ4v) is 3.79. The lowest BCUT2D eigenvalue weighted by molar-refractivity contribution is -0.136. The topological polar surface area (TPSA) is 49.4 Å². The first-order valence-corrected chi connectivity index (χ1v) is 9.07.